The van der Waals surface area contributed by atoms with Crippen molar-refractivity contribution in [2.45, 2.75) is 33.4 Å². The van der Waals surface area contributed by atoms with Gasteiger partial charge < -0.3 is 19.9 Å². The first kappa shape index (κ1) is 24.5. The van der Waals surface area contributed by atoms with Crippen LogP contribution in [0.5, 0.6) is 5.75 Å². The second-order valence-electron chi connectivity index (χ2n) is 8.82. The molecule has 0 aliphatic carbocycles. The van der Waals surface area contributed by atoms with E-state index in [4.69, 9.17) is 17.0 Å². The summed E-state index contributed by atoms with van der Waals surface area (Å²) in [5, 5.41) is 5.03. The lowest BCUT2D eigenvalue weighted by molar-refractivity contribution is 0.395. The number of methoxy groups -OCH3 is 1. The zero-order valence-corrected chi connectivity index (χ0v) is 21.2. The molecule has 6 heteroatoms. The molecule has 0 bridgehead atoms. The van der Waals surface area contributed by atoms with Crippen molar-refractivity contribution >= 4 is 28.2 Å². The Balaban J connectivity index is 1.56. The van der Waals surface area contributed by atoms with Crippen molar-refractivity contribution < 1.29 is 4.74 Å². The molecule has 0 amide bonds. The van der Waals surface area contributed by atoms with Crippen LogP contribution in [0.4, 0.5) is 0 Å². The van der Waals surface area contributed by atoms with Gasteiger partial charge in [0.05, 0.1) is 13.7 Å². The standard InChI is InChI=1S/C29H31N3O2S/c1-20-15-24-17-25(28(33)31-27(24)16-21(20)2)19-32(18-23-9-11-26(34-3)12-10-23)29(35)30-14-13-22-7-5-4-6-8-22/h4-12,15-17H,13-14,18-19H2,1-3H3,(H,30,35)(H,31,33). The molecule has 0 atom stereocenters. The number of hydrogen-bond acceptors (Lipinski definition) is 3. The third-order valence-corrected chi connectivity index (χ3v) is 6.65. The maximum Gasteiger partial charge on any atom is 0.253 e. The molecule has 0 saturated heterocycles. The highest BCUT2D eigenvalue weighted by Crippen LogP contribution is 2.19. The first-order chi connectivity index (χ1) is 16.9. The maximum atomic E-state index is 13.0. The Morgan fingerprint density at radius 1 is 0.943 bits per heavy atom. The molecule has 2 N–H and O–H groups in total. The average Bonchev–Trinajstić information content (AvgIpc) is 2.86. The average molecular weight is 486 g/mol. The van der Waals surface area contributed by atoms with Crippen LogP contribution < -0.4 is 15.6 Å². The van der Waals surface area contributed by atoms with E-state index in [9.17, 15) is 4.79 Å². The molecule has 180 valence electrons. The number of nitrogens with zero attached hydrogens (tertiary/aromatic N) is 1. The van der Waals surface area contributed by atoms with Gasteiger partial charge in [-0.15, -0.1) is 0 Å². The monoisotopic (exact) mass is 485 g/mol. The summed E-state index contributed by atoms with van der Waals surface area (Å²) in [6.07, 6.45) is 0.868. The first-order valence-electron chi connectivity index (χ1n) is 11.8. The zero-order chi connectivity index (χ0) is 24.8. The van der Waals surface area contributed by atoms with Crippen LogP contribution in [0, 0.1) is 13.8 Å². The van der Waals surface area contributed by atoms with Crippen LogP contribution in [-0.2, 0) is 19.5 Å². The van der Waals surface area contributed by atoms with Gasteiger partial charge in [-0.25, -0.2) is 0 Å². The van der Waals surface area contributed by atoms with Gasteiger partial charge >= 0.3 is 0 Å². The van der Waals surface area contributed by atoms with Gasteiger partial charge in [0.1, 0.15) is 5.75 Å². The fourth-order valence-corrected chi connectivity index (χ4v) is 4.30. The third-order valence-electron chi connectivity index (χ3n) is 6.25. The maximum absolute atomic E-state index is 13.0. The molecule has 4 rings (SSSR count). The number of thiocarbonyl (C=S) groups is 1. The minimum absolute atomic E-state index is 0.0902. The van der Waals surface area contributed by atoms with E-state index >= 15 is 0 Å². The van der Waals surface area contributed by atoms with Crippen LogP contribution in [0.3, 0.4) is 0 Å². The van der Waals surface area contributed by atoms with Crippen LogP contribution >= 0.6 is 12.2 Å². The van der Waals surface area contributed by atoms with E-state index < -0.39 is 0 Å². The Labute approximate surface area is 211 Å². The Morgan fingerprint density at radius 2 is 1.66 bits per heavy atom. The highest BCUT2D eigenvalue weighted by atomic mass is 32.1. The van der Waals surface area contributed by atoms with Gasteiger partial charge in [0.15, 0.2) is 5.11 Å². The van der Waals surface area contributed by atoms with Gasteiger partial charge in [0, 0.05) is 24.2 Å². The number of benzene rings is 3. The third kappa shape index (κ3) is 6.28. The molecule has 4 aromatic rings. The molecule has 0 spiro atoms. The van der Waals surface area contributed by atoms with Crippen LogP contribution in [0.1, 0.15) is 27.8 Å². The molecule has 1 aromatic heterocycles. The molecule has 0 aliphatic heterocycles. The Bertz CT molecular complexity index is 1360. The summed E-state index contributed by atoms with van der Waals surface area (Å²) >= 11 is 5.79. The van der Waals surface area contributed by atoms with Crippen LogP contribution in [-0.4, -0.2) is 28.7 Å². The van der Waals surface area contributed by atoms with Crippen LogP contribution in [0.25, 0.3) is 10.9 Å². The minimum atomic E-state index is -0.0902. The number of aromatic nitrogens is 1. The fraction of sp³-hybridized carbons (Fsp3) is 0.241. The van der Waals surface area contributed by atoms with E-state index in [1.54, 1.807) is 7.11 Å². The molecule has 35 heavy (non-hydrogen) atoms. The molecule has 3 aromatic carbocycles. The first-order valence-corrected chi connectivity index (χ1v) is 12.2. The van der Waals surface area contributed by atoms with Gasteiger partial charge in [-0.1, -0.05) is 42.5 Å². The normalized spacial score (nSPS) is 10.8. The van der Waals surface area contributed by atoms with E-state index in [-0.39, 0.29) is 5.56 Å². The summed E-state index contributed by atoms with van der Waals surface area (Å²) in [5.41, 5.74) is 6.14. The summed E-state index contributed by atoms with van der Waals surface area (Å²) in [6.45, 7) is 5.83. The number of aromatic amines is 1. The predicted molar refractivity (Wildman–Crippen MR) is 147 cm³/mol. The molecule has 0 saturated carbocycles. The number of fused-ring (bicyclic) bond motifs is 1. The van der Waals surface area contributed by atoms with Crippen molar-refractivity contribution in [3.63, 3.8) is 0 Å². The molecular formula is C29H31N3O2S. The number of rotatable bonds is 8. The lowest BCUT2D eigenvalue weighted by Gasteiger charge is -2.26. The second kappa shape index (κ2) is 11.2. The molecule has 0 aliphatic rings. The molecule has 0 radical (unpaired) electrons. The lowest BCUT2D eigenvalue weighted by atomic mass is 10.0. The van der Waals surface area contributed by atoms with Crippen molar-refractivity contribution in [2.75, 3.05) is 13.7 Å². The number of ether oxygens (including phenoxy) is 1. The second-order valence-corrected chi connectivity index (χ2v) is 9.21. The van der Waals surface area contributed by atoms with E-state index in [1.165, 1.54) is 11.1 Å². The summed E-state index contributed by atoms with van der Waals surface area (Å²) in [5.74, 6) is 0.806. The smallest absolute Gasteiger partial charge is 0.253 e. The van der Waals surface area contributed by atoms with E-state index in [2.05, 4.69) is 42.3 Å². The summed E-state index contributed by atoms with van der Waals surface area (Å²) < 4.78 is 5.29. The van der Waals surface area contributed by atoms with Crippen molar-refractivity contribution in [1.82, 2.24) is 15.2 Å². The summed E-state index contributed by atoms with van der Waals surface area (Å²) in [7, 11) is 1.66. The predicted octanol–water partition coefficient (Wildman–Crippen LogP) is 5.27. The number of pyridine rings is 1. The Kier molecular flexibility index (Phi) is 7.83. The molecule has 0 fully saturated rings. The Morgan fingerprint density at radius 3 is 2.37 bits per heavy atom. The van der Waals surface area contributed by atoms with Gasteiger partial charge in [0.2, 0.25) is 0 Å². The zero-order valence-electron chi connectivity index (χ0n) is 20.4. The highest BCUT2D eigenvalue weighted by molar-refractivity contribution is 7.80. The van der Waals surface area contributed by atoms with Crippen molar-refractivity contribution in [2.24, 2.45) is 0 Å². The Hall–Kier alpha value is -3.64. The molecule has 1 heterocycles. The van der Waals surface area contributed by atoms with E-state index in [1.807, 2.05) is 59.5 Å². The van der Waals surface area contributed by atoms with E-state index in [0.29, 0.717) is 30.3 Å². The minimum Gasteiger partial charge on any atom is -0.497 e. The van der Waals surface area contributed by atoms with E-state index in [0.717, 1.165) is 34.2 Å². The number of H-pyrrole nitrogens is 1. The molecule has 0 unspecified atom stereocenters. The topological polar surface area (TPSA) is 57.4 Å². The van der Waals surface area contributed by atoms with Gasteiger partial charge in [0.25, 0.3) is 5.56 Å². The largest absolute Gasteiger partial charge is 0.497 e. The van der Waals surface area contributed by atoms with Crippen LogP contribution in [0.2, 0.25) is 0 Å². The van der Waals surface area contributed by atoms with Crippen molar-refractivity contribution in [3.05, 3.63) is 111 Å². The highest BCUT2D eigenvalue weighted by Gasteiger charge is 2.15. The van der Waals surface area contributed by atoms with Crippen molar-refractivity contribution in [1.29, 1.82) is 0 Å². The van der Waals surface area contributed by atoms with Gasteiger partial charge in [-0.05, 0) is 90.5 Å². The number of aryl methyl sites for hydroxylation is 2. The van der Waals surface area contributed by atoms with Gasteiger partial charge in [-0.3, -0.25) is 4.79 Å². The summed E-state index contributed by atoms with van der Waals surface area (Å²) in [4.78, 5) is 18.1. The molecule has 5 nitrogen and oxygen atoms in total. The number of nitrogens with one attached hydrogen (secondary N) is 2. The quantitative estimate of drug-likeness (QED) is 0.333. The summed E-state index contributed by atoms with van der Waals surface area (Å²) in [6, 6.07) is 24.4. The SMILES string of the molecule is COc1ccc(CN(Cc2cc3cc(C)c(C)cc3[nH]c2=O)C(=S)NCCc2ccccc2)cc1. The lowest BCUT2D eigenvalue weighted by Crippen LogP contribution is -2.40. The molecular weight excluding hydrogens is 454 g/mol. The van der Waals surface area contributed by atoms with Gasteiger partial charge in [-0.2, -0.15) is 0 Å². The number of hydrogen-bond donors (Lipinski definition) is 2. The van der Waals surface area contributed by atoms with Crippen LogP contribution in [0.15, 0.2) is 77.6 Å². The van der Waals surface area contributed by atoms with Crippen molar-refractivity contribution in [3.8, 4) is 5.75 Å². The fourth-order valence-electron chi connectivity index (χ4n) is 4.07.